The van der Waals surface area contributed by atoms with Gasteiger partial charge in [0.25, 0.3) is 0 Å². The van der Waals surface area contributed by atoms with Crippen molar-refractivity contribution in [2.45, 2.75) is 25.0 Å². The van der Waals surface area contributed by atoms with Gasteiger partial charge in [0.15, 0.2) is 0 Å². The van der Waals surface area contributed by atoms with E-state index in [4.69, 9.17) is 0 Å². The number of hydrogen-bond donors (Lipinski definition) is 2. The molecule has 0 saturated heterocycles. The Morgan fingerprint density at radius 1 is 1.00 bits per heavy atom. The van der Waals surface area contributed by atoms with E-state index in [1.165, 1.54) is 6.42 Å². The number of aliphatic hydroxyl groups excluding tert-OH is 1. The quantitative estimate of drug-likeness (QED) is 0.586. The predicted molar refractivity (Wildman–Crippen MR) is 49.2 cm³/mol. The van der Waals surface area contributed by atoms with E-state index in [9.17, 15) is 10.2 Å². The van der Waals surface area contributed by atoms with Crippen LogP contribution in [0.5, 0.6) is 0 Å². The van der Waals surface area contributed by atoms with Crippen LogP contribution in [0.3, 0.4) is 0 Å². The summed E-state index contributed by atoms with van der Waals surface area (Å²) in [5.41, 5.74) is -0.425. The molecule has 10 atom stereocenters. The monoisotopic (exact) mass is 192 g/mol. The molecule has 4 unspecified atom stereocenters. The number of fused-ring (bicyclic) bond motifs is 2. The summed E-state index contributed by atoms with van der Waals surface area (Å²) in [4.78, 5) is 0. The molecule has 0 aromatic heterocycles. The second-order valence-corrected chi connectivity index (χ2v) is 6.64. The molecule has 0 amide bonds. The van der Waals surface area contributed by atoms with Gasteiger partial charge < -0.3 is 10.2 Å². The van der Waals surface area contributed by atoms with E-state index in [0.29, 0.717) is 23.7 Å². The van der Waals surface area contributed by atoms with Crippen molar-refractivity contribution < 1.29 is 10.2 Å². The maximum atomic E-state index is 10.6. The van der Waals surface area contributed by atoms with Crippen LogP contribution in [0.15, 0.2) is 0 Å². The Bertz CT molecular complexity index is 350. The van der Waals surface area contributed by atoms with E-state index in [0.717, 1.165) is 23.7 Å². The average Bonchev–Trinajstić information content (AvgIpc) is 2.52. The lowest BCUT2D eigenvalue weighted by Gasteiger charge is -2.52. The third-order valence-electron chi connectivity index (χ3n) is 6.76. The van der Waals surface area contributed by atoms with Gasteiger partial charge in [0.05, 0.1) is 11.7 Å². The highest BCUT2D eigenvalue weighted by Crippen LogP contribution is 2.85. The molecule has 0 aromatic carbocycles. The molecule has 0 radical (unpaired) electrons. The first kappa shape index (κ1) is 7.24. The van der Waals surface area contributed by atoms with Crippen LogP contribution in [0, 0.1) is 47.3 Å². The standard InChI is InChI=1S/C12H16O2/c1-12(14)9-4-2-3-5-6(4)10(12)8(5)11(13)7(3)9/h3-11,13-14H,2H2,1H3/t3?,4?,5?,6?,7-,8+,9+,10-,11+,12-/m0/s1. The maximum Gasteiger partial charge on any atom is 0.0688 e. The van der Waals surface area contributed by atoms with Gasteiger partial charge in [-0.1, -0.05) is 0 Å². The van der Waals surface area contributed by atoms with Crippen LogP contribution in [-0.4, -0.2) is 21.9 Å². The van der Waals surface area contributed by atoms with Gasteiger partial charge in [-0.2, -0.15) is 0 Å². The highest BCUT2D eigenvalue weighted by molar-refractivity contribution is 5.33. The lowest BCUT2D eigenvalue weighted by atomic mass is 9.56. The molecule has 5 aliphatic carbocycles. The zero-order chi connectivity index (χ0) is 9.40. The minimum absolute atomic E-state index is 0.0519. The Balaban J connectivity index is 1.83. The third-order valence-corrected chi connectivity index (χ3v) is 6.76. The van der Waals surface area contributed by atoms with Gasteiger partial charge in [0.1, 0.15) is 0 Å². The second kappa shape index (κ2) is 1.60. The van der Waals surface area contributed by atoms with Gasteiger partial charge in [-0.15, -0.1) is 0 Å². The minimum Gasteiger partial charge on any atom is -0.393 e. The molecule has 2 N–H and O–H groups in total. The Morgan fingerprint density at radius 2 is 1.79 bits per heavy atom. The van der Waals surface area contributed by atoms with Crippen molar-refractivity contribution in [3.63, 3.8) is 0 Å². The smallest absolute Gasteiger partial charge is 0.0688 e. The summed E-state index contributed by atoms with van der Waals surface area (Å²) in [6, 6.07) is 0. The SMILES string of the molecule is C[C@]1(O)[C@@H]2C3CC4C5C3[C@H]1[C@@H]5[C@H](O)[C@@H]42. The van der Waals surface area contributed by atoms with E-state index in [2.05, 4.69) is 0 Å². The summed E-state index contributed by atoms with van der Waals surface area (Å²) in [6.07, 6.45) is 1.27. The first-order chi connectivity index (χ1) is 6.64. The predicted octanol–water partition coefficient (Wildman–Crippen LogP) is 0.486. The van der Waals surface area contributed by atoms with Crippen LogP contribution < -0.4 is 0 Å². The van der Waals surface area contributed by atoms with Crippen molar-refractivity contribution in [1.29, 1.82) is 0 Å². The van der Waals surface area contributed by atoms with Gasteiger partial charge in [-0.05, 0) is 60.7 Å². The zero-order valence-electron chi connectivity index (χ0n) is 8.30. The largest absolute Gasteiger partial charge is 0.393 e. The van der Waals surface area contributed by atoms with E-state index in [1.807, 2.05) is 6.92 Å². The molecule has 76 valence electrons. The summed E-state index contributed by atoms with van der Waals surface area (Å²) in [5, 5.41) is 20.8. The van der Waals surface area contributed by atoms with E-state index < -0.39 is 5.60 Å². The Labute approximate surface area is 83.3 Å². The van der Waals surface area contributed by atoms with Crippen molar-refractivity contribution in [2.24, 2.45) is 47.3 Å². The fraction of sp³-hybridized carbons (Fsp3) is 1.00. The third kappa shape index (κ3) is 0.396. The van der Waals surface area contributed by atoms with Crippen LogP contribution >= 0.6 is 0 Å². The first-order valence-electron chi connectivity index (χ1n) is 6.04. The Hall–Kier alpha value is -0.0800. The normalized spacial score (nSPS) is 85.5. The molecule has 2 bridgehead atoms. The zero-order valence-corrected chi connectivity index (χ0v) is 8.30. The minimum atomic E-state index is -0.425. The van der Waals surface area contributed by atoms with Crippen LogP contribution in [-0.2, 0) is 0 Å². The molecular weight excluding hydrogens is 176 g/mol. The number of hydrogen-bond acceptors (Lipinski definition) is 2. The van der Waals surface area contributed by atoms with Crippen molar-refractivity contribution in [3.05, 3.63) is 0 Å². The van der Waals surface area contributed by atoms with Gasteiger partial charge in [0.2, 0.25) is 0 Å². The lowest BCUT2D eigenvalue weighted by Crippen LogP contribution is -2.57. The molecule has 5 fully saturated rings. The molecule has 0 aromatic rings. The van der Waals surface area contributed by atoms with Crippen molar-refractivity contribution in [3.8, 4) is 0 Å². The summed E-state index contributed by atoms with van der Waals surface area (Å²) in [5.74, 6) is 5.06. The topological polar surface area (TPSA) is 40.5 Å². The number of rotatable bonds is 0. The Morgan fingerprint density at radius 3 is 2.57 bits per heavy atom. The van der Waals surface area contributed by atoms with Crippen molar-refractivity contribution in [2.75, 3.05) is 0 Å². The van der Waals surface area contributed by atoms with Gasteiger partial charge >= 0.3 is 0 Å². The molecule has 5 saturated carbocycles. The second-order valence-electron chi connectivity index (χ2n) is 6.64. The Kier molecular flexibility index (Phi) is 0.825. The summed E-state index contributed by atoms with van der Waals surface area (Å²) < 4.78 is 0. The van der Waals surface area contributed by atoms with E-state index >= 15 is 0 Å². The highest BCUT2D eigenvalue weighted by Gasteiger charge is 2.86. The lowest BCUT2D eigenvalue weighted by molar-refractivity contribution is -0.161. The molecular formula is C12H16O2. The van der Waals surface area contributed by atoms with Gasteiger partial charge in [-0.25, -0.2) is 0 Å². The number of aliphatic hydroxyl groups is 2. The van der Waals surface area contributed by atoms with E-state index in [-0.39, 0.29) is 6.10 Å². The highest BCUT2D eigenvalue weighted by atomic mass is 16.3. The van der Waals surface area contributed by atoms with E-state index in [1.54, 1.807) is 0 Å². The molecule has 2 heteroatoms. The molecule has 14 heavy (non-hydrogen) atoms. The summed E-state index contributed by atoms with van der Waals surface area (Å²) >= 11 is 0. The molecule has 2 nitrogen and oxygen atoms in total. The molecule has 0 aliphatic heterocycles. The van der Waals surface area contributed by atoms with Gasteiger partial charge in [0, 0.05) is 0 Å². The first-order valence-corrected chi connectivity index (χ1v) is 6.04. The maximum absolute atomic E-state index is 10.6. The van der Waals surface area contributed by atoms with Crippen LogP contribution in [0.25, 0.3) is 0 Å². The van der Waals surface area contributed by atoms with Crippen LogP contribution in [0.4, 0.5) is 0 Å². The van der Waals surface area contributed by atoms with Crippen molar-refractivity contribution in [1.82, 2.24) is 0 Å². The molecule has 5 rings (SSSR count). The van der Waals surface area contributed by atoms with Crippen molar-refractivity contribution >= 4 is 0 Å². The van der Waals surface area contributed by atoms with Crippen LogP contribution in [0.1, 0.15) is 13.3 Å². The summed E-state index contributed by atoms with van der Waals surface area (Å²) in [6.45, 7) is 2.05. The van der Waals surface area contributed by atoms with Crippen LogP contribution in [0.2, 0.25) is 0 Å². The summed E-state index contributed by atoms with van der Waals surface area (Å²) in [7, 11) is 0. The molecule has 0 spiro atoms. The molecule has 5 aliphatic rings. The molecule has 0 heterocycles. The van der Waals surface area contributed by atoms with Gasteiger partial charge in [-0.3, -0.25) is 0 Å². The fourth-order valence-electron chi connectivity index (χ4n) is 6.94. The fourth-order valence-corrected chi connectivity index (χ4v) is 6.94. The average molecular weight is 192 g/mol.